The van der Waals surface area contributed by atoms with E-state index in [1.54, 1.807) is 4.40 Å². The van der Waals surface area contributed by atoms with Gasteiger partial charge in [-0.3, -0.25) is 4.98 Å². The molecule has 0 N–H and O–H groups in total. The molecule has 4 aromatic heterocycles. The SMILES string of the molecule is CC(C)Cc1cc(-c2[c-]cccc2)nc[c]1[Ge]([CH3])([CH3])[CH3].Cc1cccc2oc3n[c-]c(-c4nc5ccccc5n4-c4ccccc4)cc3c12.[Ir]. The van der Waals surface area contributed by atoms with Crippen LogP contribution >= 0.6 is 0 Å². The van der Waals surface area contributed by atoms with Gasteiger partial charge in [-0.15, -0.1) is 6.07 Å². The molecule has 0 aliphatic heterocycles. The van der Waals surface area contributed by atoms with Crippen LogP contribution < -0.4 is 4.40 Å². The van der Waals surface area contributed by atoms with Crippen LogP contribution in [0.3, 0.4) is 0 Å². The molecule has 0 atom stereocenters. The fraction of sp³-hybridized carbons (Fsp3) is 0.186. The van der Waals surface area contributed by atoms with Gasteiger partial charge < -0.3 is 14.0 Å². The Morgan fingerprint density at radius 3 is 2.34 bits per heavy atom. The first-order valence-corrected chi connectivity index (χ1v) is 24.2. The Kier molecular flexibility index (Phi) is 10.5. The molecule has 8 rings (SSSR count). The van der Waals surface area contributed by atoms with Crippen LogP contribution in [0.5, 0.6) is 0 Å². The Balaban J connectivity index is 0.000000182. The molecule has 0 saturated carbocycles. The van der Waals surface area contributed by atoms with E-state index in [4.69, 9.17) is 14.4 Å². The van der Waals surface area contributed by atoms with Crippen molar-refractivity contribution >= 4 is 50.8 Å². The number of imidazole rings is 1. The Morgan fingerprint density at radius 2 is 1.60 bits per heavy atom. The third-order valence-corrected chi connectivity index (χ3v) is 13.1. The van der Waals surface area contributed by atoms with Crippen molar-refractivity contribution in [2.75, 3.05) is 0 Å². The van der Waals surface area contributed by atoms with E-state index in [0.717, 1.165) is 67.7 Å². The molecule has 0 unspecified atom stereocenters. The summed E-state index contributed by atoms with van der Waals surface area (Å²) in [5, 5.41) is 2.08. The molecule has 0 amide bonds. The molecule has 7 heteroatoms. The number of hydrogen-bond donors (Lipinski definition) is 0. The molecule has 0 bridgehead atoms. The molecular formula is C43H40GeIrN4O-2. The monoisotopic (exact) mass is 895 g/mol. The molecule has 253 valence electrons. The quantitative estimate of drug-likeness (QED) is 0.123. The van der Waals surface area contributed by atoms with Gasteiger partial charge in [0, 0.05) is 31.2 Å². The third-order valence-electron chi connectivity index (χ3n) is 8.73. The zero-order chi connectivity index (χ0) is 34.1. The van der Waals surface area contributed by atoms with E-state index in [1.165, 1.54) is 5.56 Å². The summed E-state index contributed by atoms with van der Waals surface area (Å²) >= 11 is -1.86. The molecule has 4 heterocycles. The number of fused-ring (bicyclic) bond motifs is 4. The number of hydrogen-bond acceptors (Lipinski definition) is 4. The summed E-state index contributed by atoms with van der Waals surface area (Å²) in [7, 11) is 0. The predicted molar refractivity (Wildman–Crippen MR) is 205 cm³/mol. The van der Waals surface area contributed by atoms with E-state index in [1.807, 2.05) is 66.7 Å². The zero-order valence-electron chi connectivity index (χ0n) is 29.3. The van der Waals surface area contributed by atoms with Crippen LogP contribution in [0, 0.1) is 25.1 Å². The summed E-state index contributed by atoms with van der Waals surface area (Å²) in [6.07, 6.45) is 6.42. The van der Waals surface area contributed by atoms with Gasteiger partial charge in [-0.1, -0.05) is 48.0 Å². The maximum Gasteiger partial charge on any atom is 0.141 e. The van der Waals surface area contributed by atoms with E-state index in [9.17, 15) is 0 Å². The van der Waals surface area contributed by atoms with Crippen molar-refractivity contribution in [3.63, 3.8) is 0 Å². The second kappa shape index (κ2) is 14.9. The molecule has 0 spiro atoms. The van der Waals surface area contributed by atoms with Crippen LogP contribution in [-0.2, 0) is 26.5 Å². The third kappa shape index (κ3) is 7.25. The molecule has 1 radical (unpaired) electrons. The standard InChI is InChI=1S/C25H16N3O.C18H24GeN.Ir/c1-16-8-7-13-22-23(16)19-14-17(15-26-25(19)29-22)24-27-20-11-5-6-12-21(20)28(24)18-9-3-2-4-10-18;1-14(2)11-16-12-18(15-9-7-6-8-10-15)20-13-17(16)19(3,4)5;/h2-14H,1H3;6-9,12-14H,11H2,1-5H3;/q2*-1;. The van der Waals surface area contributed by atoms with Crippen molar-refractivity contribution in [2.45, 2.75) is 44.5 Å². The number of aromatic nitrogens is 4. The van der Waals surface area contributed by atoms with Crippen LogP contribution in [0.4, 0.5) is 0 Å². The van der Waals surface area contributed by atoms with Crippen molar-refractivity contribution in [1.29, 1.82) is 0 Å². The van der Waals surface area contributed by atoms with Crippen LogP contribution in [0.15, 0.2) is 120 Å². The van der Waals surface area contributed by atoms with Gasteiger partial charge in [0.15, 0.2) is 0 Å². The van der Waals surface area contributed by atoms with E-state index in [2.05, 4.69) is 109 Å². The van der Waals surface area contributed by atoms with Gasteiger partial charge in [0.05, 0.1) is 16.9 Å². The molecule has 50 heavy (non-hydrogen) atoms. The largest absolute Gasteiger partial charge is 0.483 e. The van der Waals surface area contributed by atoms with Crippen LogP contribution in [0.1, 0.15) is 25.0 Å². The maximum atomic E-state index is 5.93. The van der Waals surface area contributed by atoms with Gasteiger partial charge in [-0.2, -0.15) is 0 Å². The predicted octanol–water partition coefficient (Wildman–Crippen LogP) is 10.4. The van der Waals surface area contributed by atoms with Gasteiger partial charge in [-0.25, -0.2) is 0 Å². The summed E-state index contributed by atoms with van der Waals surface area (Å²) in [5.41, 5.74) is 10.1. The fourth-order valence-electron chi connectivity index (χ4n) is 6.48. The zero-order valence-corrected chi connectivity index (χ0v) is 33.8. The Labute approximate surface area is 310 Å². The average molecular weight is 894 g/mol. The van der Waals surface area contributed by atoms with Crippen LogP contribution in [0.25, 0.3) is 61.4 Å². The smallest absolute Gasteiger partial charge is 0.141 e. The van der Waals surface area contributed by atoms with Gasteiger partial charge in [-0.05, 0) is 54.4 Å². The molecule has 0 fully saturated rings. The van der Waals surface area contributed by atoms with E-state index < -0.39 is 13.3 Å². The summed E-state index contributed by atoms with van der Waals surface area (Å²) in [6, 6.07) is 40.2. The summed E-state index contributed by atoms with van der Waals surface area (Å²) in [4.78, 5) is 14.1. The Morgan fingerprint density at radius 1 is 0.840 bits per heavy atom. The molecule has 0 saturated heterocycles. The number of nitrogens with zero attached hydrogens (tertiary/aromatic N) is 4. The number of furan rings is 1. The van der Waals surface area contributed by atoms with Crippen molar-refractivity contribution in [3.8, 4) is 28.3 Å². The number of pyridine rings is 2. The average Bonchev–Trinajstić information content (AvgIpc) is 3.68. The molecule has 5 nitrogen and oxygen atoms in total. The number of benzene rings is 4. The minimum absolute atomic E-state index is 0. The van der Waals surface area contributed by atoms with Crippen LogP contribution in [0.2, 0.25) is 17.3 Å². The number of aryl methyl sites for hydroxylation is 1. The van der Waals surface area contributed by atoms with Crippen molar-refractivity contribution < 1.29 is 24.5 Å². The van der Waals surface area contributed by atoms with Crippen LogP contribution in [-0.4, -0.2) is 32.8 Å². The number of rotatable bonds is 6. The second-order valence-corrected chi connectivity index (χ2v) is 24.6. The normalized spacial score (nSPS) is 11.5. The minimum Gasteiger partial charge on any atom is -0.483 e. The molecule has 0 aliphatic carbocycles. The molecule has 0 aliphatic rings. The topological polar surface area (TPSA) is 56.7 Å². The van der Waals surface area contributed by atoms with E-state index in [-0.39, 0.29) is 20.1 Å². The first-order valence-electron chi connectivity index (χ1n) is 16.9. The summed E-state index contributed by atoms with van der Waals surface area (Å²) in [6.45, 7) is 6.66. The fourth-order valence-corrected chi connectivity index (χ4v) is 9.82. The first-order chi connectivity index (χ1) is 23.7. The maximum absolute atomic E-state index is 5.93. The van der Waals surface area contributed by atoms with Crippen molar-refractivity contribution in [2.24, 2.45) is 5.92 Å². The first kappa shape index (κ1) is 35.5. The molecule has 8 aromatic rings. The molecular weight excluding hydrogens is 853 g/mol. The van der Waals surface area contributed by atoms with Gasteiger partial charge in [0.2, 0.25) is 0 Å². The molecule has 4 aromatic carbocycles. The summed E-state index contributed by atoms with van der Waals surface area (Å²) < 4.78 is 9.63. The Hall–Kier alpha value is -4.36. The van der Waals surface area contributed by atoms with E-state index in [0.29, 0.717) is 11.6 Å². The second-order valence-electron chi connectivity index (χ2n) is 14.0. The van der Waals surface area contributed by atoms with Crippen molar-refractivity contribution in [3.05, 3.63) is 139 Å². The number of para-hydroxylation sites is 3. The van der Waals surface area contributed by atoms with Gasteiger partial charge in [0.1, 0.15) is 11.3 Å². The van der Waals surface area contributed by atoms with Gasteiger partial charge in [0.25, 0.3) is 0 Å². The summed E-state index contributed by atoms with van der Waals surface area (Å²) in [5.74, 6) is 8.81. The van der Waals surface area contributed by atoms with E-state index >= 15 is 0 Å². The Bertz CT molecular complexity index is 2390. The minimum atomic E-state index is -1.86. The van der Waals surface area contributed by atoms with Crippen molar-refractivity contribution in [1.82, 2.24) is 19.5 Å². The van der Waals surface area contributed by atoms with Gasteiger partial charge >= 0.3 is 126 Å².